The van der Waals surface area contributed by atoms with E-state index in [1.807, 2.05) is 13.0 Å². The molecular formula is C9H10N2O. The first-order valence-electron chi connectivity index (χ1n) is 3.57. The largest absolute Gasteiger partial charge is 0.366 e. The van der Waals surface area contributed by atoms with Crippen LogP contribution in [0.5, 0.6) is 0 Å². The van der Waals surface area contributed by atoms with E-state index >= 15 is 0 Å². The molecule has 12 heavy (non-hydrogen) atoms. The monoisotopic (exact) mass is 162 g/mol. The third kappa shape index (κ3) is 2.54. The molecule has 0 unspecified atom stereocenters. The Kier molecular flexibility index (Phi) is 2.58. The van der Waals surface area contributed by atoms with Gasteiger partial charge in [-0.3, -0.25) is 9.78 Å². The fourth-order valence-electron chi connectivity index (χ4n) is 0.848. The van der Waals surface area contributed by atoms with E-state index in [4.69, 9.17) is 5.73 Å². The number of nitrogens with two attached hydrogens (primary N) is 1. The molecule has 62 valence electrons. The molecule has 0 atom stereocenters. The molecule has 1 aromatic rings. The fourth-order valence-corrected chi connectivity index (χ4v) is 0.848. The minimum absolute atomic E-state index is 0.448. The molecule has 0 saturated carbocycles. The summed E-state index contributed by atoms with van der Waals surface area (Å²) in [4.78, 5) is 14.3. The number of rotatable bonds is 2. The molecular weight excluding hydrogens is 152 g/mol. The van der Waals surface area contributed by atoms with Crippen LogP contribution in [0.3, 0.4) is 0 Å². The van der Waals surface area contributed by atoms with Crippen molar-refractivity contribution in [3.63, 3.8) is 0 Å². The van der Waals surface area contributed by atoms with Gasteiger partial charge in [-0.15, -0.1) is 0 Å². The normalized spacial score (nSPS) is 10.4. The van der Waals surface area contributed by atoms with Crippen LogP contribution in [-0.2, 0) is 4.79 Å². The van der Waals surface area contributed by atoms with Crippen LogP contribution in [0.25, 0.3) is 6.08 Å². The molecule has 1 aromatic heterocycles. The first-order chi connectivity index (χ1) is 5.68. The lowest BCUT2D eigenvalue weighted by Gasteiger charge is -1.93. The third-order valence-corrected chi connectivity index (χ3v) is 1.34. The van der Waals surface area contributed by atoms with Gasteiger partial charge in [0.25, 0.3) is 0 Å². The van der Waals surface area contributed by atoms with Gasteiger partial charge in [0, 0.05) is 18.5 Å². The van der Waals surface area contributed by atoms with Crippen molar-refractivity contribution in [3.05, 3.63) is 35.7 Å². The summed E-state index contributed by atoms with van der Waals surface area (Å²) >= 11 is 0. The van der Waals surface area contributed by atoms with Gasteiger partial charge in [-0.2, -0.15) is 0 Å². The SMILES string of the molecule is Cc1cncc(C=CC(N)=O)c1. The van der Waals surface area contributed by atoms with Gasteiger partial charge < -0.3 is 5.73 Å². The van der Waals surface area contributed by atoms with E-state index in [-0.39, 0.29) is 0 Å². The molecule has 0 spiro atoms. The average molecular weight is 162 g/mol. The Morgan fingerprint density at radius 1 is 1.58 bits per heavy atom. The predicted octanol–water partition coefficient (Wildman–Crippen LogP) is 0.889. The van der Waals surface area contributed by atoms with Gasteiger partial charge in [-0.05, 0) is 30.2 Å². The van der Waals surface area contributed by atoms with Crippen LogP contribution in [0.15, 0.2) is 24.5 Å². The number of pyridine rings is 1. The summed E-state index contributed by atoms with van der Waals surface area (Å²) in [5.74, 6) is -0.448. The molecule has 0 saturated heterocycles. The average Bonchev–Trinajstić information content (AvgIpc) is 2.01. The van der Waals surface area contributed by atoms with Crippen LogP contribution in [0.4, 0.5) is 0 Å². The van der Waals surface area contributed by atoms with Crippen molar-refractivity contribution in [3.8, 4) is 0 Å². The second kappa shape index (κ2) is 3.67. The highest BCUT2D eigenvalue weighted by Crippen LogP contribution is 2.02. The molecule has 0 aliphatic rings. The standard InChI is InChI=1S/C9H10N2O/c1-7-4-8(6-11-5-7)2-3-9(10)12/h2-6H,1H3,(H2,10,12). The number of carbonyl (C=O) groups is 1. The van der Waals surface area contributed by atoms with Crippen molar-refractivity contribution >= 4 is 12.0 Å². The molecule has 0 aromatic carbocycles. The van der Waals surface area contributed by atoms with Gasteiger partial charge in [0.1, 0.15) is 0 Å². The van der Waals surface area contributed by atoms with E-state index in [0.29, 0.717) is 0 Å². The van der Waals surface area contributed by atoms with Gasteiger partial charge in [0.15, 0.2) is 0 Å². The second-order valence-electron chi connectivity index (χ2n) is 2.53. The van der Waals surface area contributed by atoms with E-state index < -0.39 is 5.91 Å². The molecule has 1 amide bonds. The smallest absolute Gasteiger partial charge is 0.241 e. The molecule has 0 bridgehead atoms. The lowest BCUT2D eigenvalue weighted by atomic mass is 10.2. The summed E-state index contributed by atoms with van der Waals surface area (Å²) in [6.07, 6.45) is 6.38. The maximum atomic E-state index is 10.4. The van der Waals surface area contributed by atoms with Gasteiger partial charge in [0.05, 0.1) is 0 Å². The first-order valence-corrected chi connectivity index (χ1v) is 3.57. The van der Waals surface area contributed by atoms with Crippen molar-refractivity contribution in [2.45, 2.75) is 6.92 Å². The van der Waals surface area contributed by atoms with Gasteiger partial charge >= 0.3 is 0 Å². The number of carbonyl (C=O) groups excluding carboxylic acids is 1. The number of hydrogen-bond donors (Lipinski definition) is 1. The number of primary amides is 1. The molecule has 3 nitrogen and oxygen atoms in total. The van der Waals surface area contributed by atoms with E-state index in [0.717, 1.165) is 11.1 Å². The Hall–Kier alpha value is -1.64. The Bertz CT molecular complexity index is 318. The second-order valence-corrected chi connectivity index (χ2v) is 2.53. The van der Waals surface area contributed by atoms with Crippen LogP contribution in [0.2, 0.25) is 0 Å². The summed E-state index contributed by atoms with van der Waals surface area (Å²) in [6, 6.07) is 1.92. The van der Waals surface area contributed by atoms with E-state index in [9.17, 15) is 4.79 Å². The van der Waals surface area contributed by atoms with Crippen molar-refractivity contribution in [2.24, 2.45) is 5.73 Å². The fraction of sp³-hybridized carbons (Fsp3) is 0.111. The lowest BCUT2D eigenvalue weighted by molar-refractivity contribution is -0.113. The van der Waals surface area contributed by atoms with Gasteiger partial charge in [-0.25, -0.2) is 0 Å². The van der Waals surface area contributed by atoms with Crippen molar-refractivity contribution < 1.29 is 4.79 Å². The summed E-state index contributed by atoms with van der Waals surface area (Å²) in [6.45, 7) is 1.94. The van der Waals surface area contributed by atoms with Crippen LogP contribution in [0, 0.1) is 6.92 Å². The van der Waals surface area contributed by atoms with E-state index in [1.165, 1.54) is 6.08 Å². The molecule has 0 aliphatic carbocycles. The Morgan fingerprint density at radius 2 is 2.33 bits per heavy atom. The molecule has 3 heteroatoms. The topological polar surface area (TPSA) is 56.0 Å². The summed E-state index contributed by atoms with van der Waals surface area (Å²) in [5, 5.41) is 0. The van der Waals surface area contributed by atoms with Crippen LogP contribution < -0.4 is 5.73 Å². The van der Waals surface area contributed by atoms with Crippen LogP contribution in [0.1, 0.15) is 11.1 Å². The summed E-state index contributed by atoms with van der Waals surface area (Å²) in [5.41, 5.74) is 6.87. The highest BCUT2D eigenvalue weighted by molar-refractivity contribution is 5.90. The van der Waals surface area contributed by atoms with Crippen LogP contribution >= 0.6 is 0 Å². The van der Waals surface area contributed by atoms with Gasteiger partial charge in [-0.1, -0.05) is 0 Å². The molecule has 0 radical (unpaired) electrons. The Labute approximate surface area is 70.9 Å². The van der Waals surface area contributed by atoms with Crippen molar-refractivity contribution in [1.82, 2.24) is 4.98 Å². The maximum absolute atomic E-state index is 10.4. The van der Waals surface area contributed by atoms with E-state index in [1.54, 1.807) is 18.5 Å². The molecule has 1 heterocycles. The molecule has 0 aliphatic heterocycles. The molecule has 0 fully saturated rings. The van der Waals surface area contributed by atoms with E-state index in [2.05, 4.69) is 4.98 Å². The number of nitrogens with zero attached hydrogens (tertiary/aromatic N) is 1. The van der Waals surface area contributed by atoms with Crippen LogP contribution in [-0.4, -0.2) is 10.9 Å². The highest BCUT2D eigenvalue weighted by atomic mass is 16.1. The Morgan fingerprint density at radius 3 is 2.92 bits per heavy atom. The minimum Gasteiger partial charge on any atom is -0.366 e. The highest BCUT2D eigenvalue weighted by Gasteiger charge is 1.88. The number of amides is 1. The zero-order valence-electron chi connectivity index (χ0n) is 6.82. The maximum Gasteiger partial charge on any atom is 0.241 e. The predicted molar refractivity (Wildman–Crippen MR) is 47.2 cm³/mol. The number of aromatic nitrogens is 1. The Balaban J connectivity index is 2.83. The number of aryl methyl sites for hydroxylation is 1. The third-order valence-electron chi connectivity index (χ3n) is 1.34. The molecule has 1 rings (SSSR count). The quantitative estimate of drug-likeness (QED) is 0.656. The summed E-state index contributed by atoms with van der Waals surface area (Å²) < 4.78 is 0. The first kappa shape index (κ1) is 8.46. The molecule has 2 N–H and O–H groups in total. The van der Waals surface area contributed by atoms with Gasteiger partial charge in [0.2, 0.25) is 5.91 Å². The van der Waals surface area contributed by atoms with Crippen molar-refractivity contribution in [2.75, 3.05) is 0 Å². The van der Waals surface area contributed by atoms with Crippen molar-refractivity contribution in [1.29, 1.82) is 0 Å². The summed E-state index contributed by atoms with van der Waals surface area (Å²) in [7, 11) is 0. The zero-order chi connectivity index (χ0) is 8.97. The number of hydrogen-bond acceptors (Lipinski definition) is 2. The lowest BCUT2D eigenvalue weighted by Crippen LogP contribution is -2.05. The zero-order valence-corrected chi connectivity index (χ0v) is 6.82. The minimum atomic E-state index is -0.448.